The Balaban J connectivity index is 1.88. The first-order valence-corrected chi connectivity index (χ1v) is 9.50. The third kappa shape index (κ3) is 4.55. The van der Waals surface area contributed by atoms with E-state index in [1.54, 1.807) is 0 Å². The topological polar surface area (TPSA) is 102 Å². The van der Waals surface area contributed by atoms with Gasteiger partial charge in [0.25, 0.3) is 0 Å². The van der Waals surface area contributed by atoms with E-state index in [-0.39, 0.29) is 23.6 Å². The molecule has 136 valence electrons. The number of rotatable bonds is 7. The normalized spacial score (nSPS) is 21.4. The molecular weight excluding hydrogens is 334 g/mol. The number of nitrogens with one attached hydrogen (secondary N) is 1. The van der Waals surface area contributed by atoms with Crippen LogP contribution in [0.2, 0.25) is 0 Å². The van der Waals surface area contributed by atoms with E-state index in [1.165, 1.54) is 18.4 Å². The number of hydrogen-bond acceptors (Lipinski definition) is 6. The van der Waals surface area contributed by atoms with Crippen molar-refractivity contribution in [3.63, 3.8) is 0 Å². The van der Waals surface area contributed by atoms with E-state index >= 15 is 0 Å². The quantitative estimate of drug-likeness (QED) is 0.749. The Morgan fingerprint density at radius 1 is 1.33 bits per heavy atom. The maximum Gasteiger partial charge on any atom is 0.220 e. The maximum atomic E-state index is 12.2. The molecule has 1 N–H and O–H groups in total. The van der Waals surface area contributed by atoms with E-state index in [4.69, 9.17) is 9.26 Å². The van der Waals surface area contributed by atoms with Gasteiger partial charge in [-0.15, -0.1) is 0 Å². The molecule has 9 heteroatoms. The summed E-state index contributed by atoms with van der Waals surface area (Å²) in [7, 11) is -0.323. The molecule has 1 saturated heterocycles. The van der Waals surface area contributed by atoms with E-state index < -0.39 is 10.0 Å². The van der Waals surface area contributed by atoms with Crippen LogP contribution in [0.1, 0.15) is 23.4 Å². The van der Waals surface area contributed by atoms with Gasteiger partial charge in [0.2, 0.25) is 15.9 Å². The van der Waals surface area contributed by atoms with Gasteiger partial charge in [0, 0.05) is 32.0 Å². The number of nitrogens with zero attached hydrogens (tertiary/aromatic N) is 2. The second-order valence-corrected chi connectivity index (χ2v) is 8.56. The molecule has 24 heavy (non-hydrogen) atoms. The van der Waals surface area contributed by atoms with Crippen LogP contribution in [0.3, 0.4) is 0 Å². The van der Waals surface area contributed by atoms with Crippen LogP contribution in [0.4, 0.5) is 0 Å². The third-order valence-corrected chi connectivity index (χ3v) is 6.27. The minimum Gasteiger partial charge on any atom is -0.379 e. The van der Waals surface area contributed by atoms with Crippen LogP contribution < -0.4 is 5.32 Å². The van der Waals surface area contributed by atoms with Crippen LogP contribution in [-0.4, -0.2) is 62.9 Å². The standard InChI is InChI=1S/C15H25N3O5S/c1-10-13(11(2)23-17-10)5-6-15(19)16-14-8-22-7-12(14)9-24(20,21)18(3)4/h12,14H,5-9H2,1-4H3,(H,16,19)/t12-,14-/m0/s1. The fraction of sp³-hybridized carbons (Fsp3) is 0.733. The monoisotopic (exact) mass is 359 g/mol. The Morgan fingerprint density at radius 3 is 2.62 bits per heavy atom. The number of aryl methyl sites for hydroxylation is 2. The molecule has 0 aliphatic carbocycles. The molecule has 1 amide bonds. The molecule has 1 aliphatic rings. The first-order valence-electron chi connectivity index (χ1n) is 7.89. The van der Waals surface area contributed by atoms with Gasteiger partial charge in [0.15, 0.2) is 0 Å². The Labute approximate surface area is 142 Å². The fourth-order valence-electron chi connectivity index (χ4n) is 2.72. The van der Waals surface area contributed by atoms with Crippen molar-refractivity contribution in [1.29, 1.82) is 0 Å². The average Bonchev–Trinajstić information content (AvgIpc) is 3.04. The van der Waals surface area contributed by atoms with Gasteiger partial charge in [-0.2, -0.15) is 0 Å². The summed E-state index contributed by atoms with van der Waals surface area (Å²) in [6.07, 6.45) is 0.841. The number of carbonyl (C=O) groups is 1. The van der Waals surface area contributed by atoms with Crippen molar-refractivity contribution in [3.05, 3.63) is 17.0 Å². The molecular formula is C15H25N3O5S. The average molecular weight is 359 g/mol. The zero-order valence-electron chi connectivity index (χ0n) is 14.5. The summed E-state index contributed by atoms with van der Waals surface area (Å²) >= 11 is 0. The SMILES string of the molecule is Cc1noc(C)c1CCC(=O)N[C@H]1COC[C@H]1CS(=O)(=O)N(C)C. The van der Waals surface area contributed by atoms with Crippen molar-refractivity contribution < 1.29 is 22.5 Å². The van der Waals surface area contributed by atoms with Crippen molar-refractivity contribution >= 4 is 15.9 Å². The summed E-state index contributed by atoms with van der Waals surface area (Å²) in [4.78, 5) is 12.2. The second-order valence-electron chi connectivity index (χ2n) is 6.34. The summed E-state index contributed by atoms with van der Waals surface area (Å²) in [6.45, 7) is 4.34. The predicted octanol–water partition coefficient (Wildman–Crippen LogP) is 0.247. The van der Waals surface area contributed by atoms with Crippen LogP contribution in [0.15, 0.2) is 4.52 Å². The Kier molecular flexibility index (Phi) is 6.00. The van der Waals surface area contributed by atoms with Crippen LogP contribution in [0.5, 0.6) is 0 Å². The van der Waals surface area contributed by atoms with E-state index in [0.717, 1.165) is 17.0 Å². The van der Waals surface area contributed by atoms with Gasteiger partial charge in [-0.3, -0.25) is 4.79 Å². The van der Waals surface area contributed by atoms with Crippen molar-refractivity contribution in [3.8, 4) is 0 Å². The lowest BCUT2D eigenvalue weighted by atomic mass is 10.0. The zero-order valence-corrected chi connectivity index (χ0v) is 15.4. The summed E-state index contributed by atoms with van der Waals surface area (Å²) < 4.78 is 35.7. The lowest BCUT2D eigenvalue weighted by Crippen LogP contribution is -2.43. The molecule has 0 spiro atoms. The number of amides is 1. The van der Waals surface area contributed by atoms with Crippen LogP contribution >= 0.6 is 0 Å². The highest BCUT2D eigenvalue weighted by Crippen LogP contribution is 2.18. The Morgan fingerprint density at radius 2 is 2.04 bits per heavy atom. The van der Waals surface area contributed by atoms with E-state index in [1.807, 2.05) is 13.8 Å². The number of sulfonamides is 1. The van der Waals surface area contributed by atoms with Crippen LogP contribution in [-0.2, 0) is 26.0 Å². The molecule has 1 aliphatic heterocycles. The molecule has 1 aromatic rings. The molecule has 1 fully saturated rings. The Bertz CT molecular complexity index is 664. The minimum absolute atomic E-state index is 0.0329. The van der Waals surface area contributed by atoms with Gasteiger partial charge in [-0.1, -0.05) is 5.16 Å². The van der Waals surface area contributed by atoms with E-state index in [0.29, 0.717) is 26.1 Å². The molecule has 2 rings (SSSR count). The lowest BCUT2D eigenvalue weighted by Gasteiger charge is -2.21. The van der Waals surface area contributed by atoms with Gasteiger partial charge in [0.05, 0.1) is 30.7 Å². The fourth-order valence-corrected chi connectivity index (χ4v) is 3.89. The molecule has 1 aromatic heterocycles. The molecule has 0 radical (unpaired) electrons. The summed E-state index contributed by atoms with van der Waals surface area (Å²) in [6, 6.07) is -0.281. The molecule has 0 unspecified atom stereocenters. The molecule has 0 saturated carbocycles. The summed E-state index contributed by atoms with van der Waals surface area (Å²) in [5.41, 5.74) is 1.74. The van der Waals surface area contributed by atoms with Gasteiger partial charge < -0.3 is 14.6 Å². The van der Waals surface area contributed by atoms with Crippen molar-refractivity contribution in [2.75, 3.05) is 33.1 Å². The van der Waals surface area contributed by atoms with Gasteiger partial charge in [-0.05, 0) is 20.3 Å². The molecule has 8 nitrogen and oxygen atoms in total. The molecule has 2 atom stereocenters. The van der Waals surface area contributed by atoms with Crippen molar-refractivity contribution in [2.24, 2.45) is 5.92 Å². The molecule has 0 bridgehead atoms. The molecule has 2 heterocycles. The number of hydrogen-bond donors (Lipinski definition) is 1. The smallest absolute Gasteiger partial charge is 0.220 e. The van der Waals surface area contributed by atoms with Gasteiger partial charge in [0.1, 0.15) is 5.76 Å². The maximum absolute atomic E-state index is 12.2. The summed E-state index contributed by atoms with van der Waals surface area (Å²) in [5, 5.41) is 6.76. The highest BCUT2D eigenvalue weighted by atomic mass is 32.2. The van der Waals surface area contributed by atoms with E-state index in [2.05, 4.69) is 10.5 Å². The highest BCUT2D eigenvalue weighted by Gasteiger charge is 2.34. The Hall–Kier alpha value is -1.45. The van der Waals surface area contributed by atoms with E-state index in [9.17, 15) is 13.2 Å². The van der Waals surface area contributed by atoms with Gasteiger partial charge >= 0.3 is 0 Å². The molecule has 0 aromatic carbocycles. The van der Waals surface area contributed by atoms with Crippen molar-refractivity contribution in [1.82, 2.24) is 14.8 Å². The van der Waals surface area contributed by atoms with Crippen molar-refractivity contribution in [2.45, 2.75) is 32.7 Å². The second kappa shape index (κ2) is 7.62. The largest absolute Gasteiger partial charge is 0.379 e. The predicted molar refractivity (Wildman–Crippen MR) is 88.0 cm³/mol. The zero-order chi connectivity index (χ0) is 17.9. The number of carbonyl (C=O) groups excluding carboxylic acids is 1. The van der Waals surface area contributed by atoms with Crippen LogP contribution in [0, 0.1) is 19.8 Å². The summed E-state index contributed by atoms with van der Waals surface area (Å²) in [5.74, 6) is 0.326. The first kappa shape index (κ1) is 18.9. The lowest BCUT2D eigenvalue weighted by molar-refractivity contribution is -0.121. The minimum atomic E-state index is -3.33. The van der Waals surface area contributed by atoms with Gasteiger partial charge in [-0.25, -0.2) is 12.7 Å². The number of aromatic nitrogens is 1. The first-order chi connectivity index (χ1) is 11.2. The highest BCUT2D eigenvalue weighted by molar-refractivity contribution is 7.89. The third-order valence-electron chi connectivity index (χ3n) is 4.31. The number of ether oxygens (including phenoxy) is 1. The van der Waals surface area contributed by atoms with Crippen LogP contribution in [0.25, 0.3) is 0 Å².